The highest BCUT2D eigenvalue weighted by Crippen LogP contribution is 2.30. The molecular weight excluding hydrogens is 325 g/mol. The van der Waals surface area contributed by atoms with Crippen molar-refractivity contribution < 1.29 is 13.2 Å². The van der Waals surface area contributed by atoms with Crippen LogP contribution in [0.4, 0.5) is 24.8 Å². The van der Waals surface area contributed by atoms with Gasteiger partial charge < -0.3 is 10.2 Å². The Morgan fingerprint density at radius 1 is 1.33 bits per heavy atom. The van der Waals surface area contributed by atoms with Crippen LogP contribution in [0.1, 0.15) is 10.7 Å². The van der Waals surface area contributed by atoms with E-state index in [4.69, 9.17) is 11.6 Å². The fourth-order valence-electron chi connectivity index (χ4n) is 1.64. The molecule has 9 heteroatoms. The smallest absolute Gasteiger partial charge is 0.373 e. The molecule has 0 unspecified atom stereocenters. The van der Waals surface area contributed by atoms with Crippen molar-refractivity contribution in [3.63, 3.8) is 0 Å². The number of aromatic nitrogens is 2. The monoisotopic (exact) mass is 336 g/mol. The van der Waals surface area contributed by atoms with Gasteiger partial charge in [-0.2, -0.15) is 13.2 Å². The van der Waals surface area contributed by atoms with Crippen LogP contribution in [0.3, 0.4) is 0 Å². The first kappa shape index (κ1) is 15.8. The Morgan fingerprint density at radius 2 is 2.05 bits per heavy atom. The molecule has 0 amide bonds. The normalized spacial score (nSPS) is 11.5. The zero-order valence-electron chi connectivity index (χ0n) is 11.2. The lowest BCUT2D eigenvalue weighted by Gasteiger charge is -2.19. The van der Waals surface area contributed by atoms with Crippen LogP contribution in [0.15, 0.2) is 18.2 Å². The van der Waals surface area contributed by atoms with Crippen molar-refractivity contribution in [2.75, 3.05) is 24.3 Å². The molecule has 4 nitrogen and oxygen atoms in total. The second kappa shape index (κ2) is 6.07. The zero-order chi connectivity index (χ0) is 15.6. The molecule has 0 fully saturated rings. The second-order valence-corrected chi connectivity index (χ2v) is 6.04. The minimum Gasteiger partial charge on any atom is -0.373 e. The molecule has 0 aliphatic heterocycles. The third-order valence-corrected chi connectivity index (χ3v) is 3.85. The average molecular weight is 337 g/mol. The van der Waals surface area contributed by atoms with E-state index in [0.717, 1.165) is 4.88 Å². The summed E-state index contributed by atoms with van der Waals surface area (Å²) in [6, 6.07) is 5.04. The summed E-state index contributed by atoms with van der Waals surface area (Å²) >= 11 is 7.21. The molecule has 0 saturated carbocycles. The van der Waals surface area contributed by atoms with Gasteiger partial charge in [-0.15, -0.1) is 11.3 Å². The van der Waals surface area contributed by atoms with Gasteiger partial charge in [0.15, 0.2) is 0 Å². The molecule has 1 N–H and O–H groups in total. The predicted octanol–water partition coefficient (Wildman–Crippen LogP) is 3.89. The Hall–Kier alpha value is -1.54. The van der Waals surface area contributed by atoms with Gasteiger partial charge >= 0.3 is 6.18 Å². The fraction of sp³-hybridized carbons (Fsp3) is 0.333. The SMILES string of the molecule is CNc1cc(N(C)Cc2ccc(Cl)s2)nc(C(F)(F)F)n1. The van der Waals surface area contributed by atoms with Crippen LogP contribution in [0.2, 0.25) is 4.34 Å². The standard InChI is InChI=1S/C12H12ClF3N4S/c1-17-9-5-10(19-11(18-9)12(14,15)16)20(2)6-7-3-4-8(13)21-7/h3-5H,6H2,1-2H3,(H,17,18,19). The van der Waals surface area contributed by atoms with Gasteiger partial charge in [-0.3, -0.25) is 0 Å². The van der Waals surface area contributed by atoms with Crippen LogP contribution in [0.5, 0.6) is 0 Å². The number of anilines is 2. The van der Waals surface area contributed by atoms with Gasteiger partial charge in [-0.1, -0.05) is 11.6 Å². The molecule has 0 radical (unpaired) electrons. The van der Waals surface area contributed by atoms with Crippen molar-refractivity contribution in [3.8, 4) is 0 Å². The number of hydrogen-bond acceptors (Lipinski definition) is 5. The van der Waals surface area contributed by atoms with Crippen LogP contribution in [0, 0.1) is 0 Å². The number of thiophene rings is 1. The van der Waals surface area contributed by atoms with Gasteiger partial charge in [0.05, 0.1) is 10.9 Å². The molecule has 0 aliphatic carbocycles. The van der Waals surface area contributed by atoms with E-state index in [9.17, 15) is 13.2 Å². The summed E-state index contributed by atoms with van der Waals surface area (Å²) in [4.78, 5) is 9.54. The van der Waals surface area contributed by atoms with Crippen molar-refractivity contribution in [2.24, 2.45) is 0 Å². The lowest BCUT2D eigenvalue weighted by molar-refractivity contribution is -0.144. The van der Waals surface area contributed by atoms with Gasteiger partial charge in [-0.25, -0.2) is 9.97 Å². The lowest BCUT2D eigenvalue weighted by Crippen LogP contribution is -2.21. The number of nitrogens with one attached hydrogen (secondary N) is 1. The van der Waals surface area contributed by atoms with Crippen LogP contribution < -0.4 is 10.2 Å². The molecule has 2 aromatic heterocycles. The molecule has 21 heavy (non-hydrogen) atoms. The second-order valence-electron chi connectivity index (χ2n) is 4.24. The van der Waals surface area contributed by atoms with Crippen molar-refractivity contribution in [1.82, 2.24) is 9.97 Å². The molecule has 0 bridgehead atoms. The largest absolute Gasteiger partial charge is 0.451 e. The molecule has 0 aliphatic rings. The van der Waals surface area contributed by atoms with Gasteiger partial charge in [0.2, 0.25) is 5.82 Å². The topological polar surface area (TPSA) is 41.0 Å². The van der Waals surface area contributed by atoms with Gasteiger partial charge in [0.1, 0.15) is 11.6 Å². The first-order valence-corrected chi connectivity index (χ1v) is 7.08. The summed E-state index contributed by atoms with van der Waals surface area (Å²) in [5.41, 5.74) is 0. The molecule has 2 aromatic rings. The summed E-state index contributed by atoms with van der Waals surface area (Å²) in [6.07, 6.45) is -4.59. The van der Waals surface area contributed by atoms with E-state index in [1.54, 1.807) is 18.0 Å². The molecule has 2 heterocycles. The number of rotatable bonds is 4. The minimum atomic E-state index is -4.59. The Labute approximate surface area is 128 Å². The van der Waals surface area contributed by atoms with E-state index < -0.39 is 12.0 Å². The Morgan fingerprint density at radius 3 is 2.57 bits per heavy atom. The highest BCUT2D eigenvalue weighted by atomic mass is 35.5. The maximum atomic E-state index is 12.8. The molecule has 0 aromatic carbocycles. The van der Waals surface area contributed by atoms with Crippen molar-refractivity contribution in [2.45, 2.75) is 12.7 Å². The van der Waals surface area contributed by atoms with Gasteiger partial charge in [0, 0.05) is 25.0 Å². The van der Waals surface area contributed by atoms with E-state index >= 15 is 0 Å². The molecule has 0 atom stereocenters. The highest BCUT2D eigenvalue weighted by Gasteiger charge is 2.35. The van der Waals surface area contributed by atoms with Gasteiger partial charge in [-0.05, 0) is 12.1 Å². The Balaban J connectivity index is 2.29. The Kier molecular flexibility index (Phi) is 4.58. The van der Waals surface area contributed by atoms with E-state index in [1.165, 1.54) is 24.5 Å². The van der Waals surface area contributed by atoms with Crippen molar-refractivity contribution in [3.05, 3.63) is 33.2 Å². The van der Waals surface area contributed by atoms with Crippen LogP contribution in [-0.2, 0) is 12.7 Å². The molecule has 2 rings (SSSR count). The summed E-state index contributed by atoms with van der Waals surface area (Å²) < 4.78 is 39.0. The van der Waals surface area contributed by atoms with E-state index in [2.05, 4.69) is 15.3 Å². The third-order valence-electron chi connectivity index (χ3n) is 2.64. The summed E-state index contributed by atoms with van der Waals surface area (Å²) in [6.45, 7) is 0.412. The molecule has 0 spiro atoms. The fourth-order valence-corrected chi connectivity index (χ4v) is 2.78. The van der Waals surface area contributed by atoms with Crippen LogP contribution in [0.25, 0.3) is 0 Å². The van der Waals surface area contributed by atoms with Crippen LogP contribution >= 0.6 is 22.9 Å². The van der Waals surface area contributed by atoms with Crippen LogP contribution in [-0.4, -0.2) is 24.1 Å². The molecule has 0 saturated heterocycles. The maximum Gasteiger partial charge on any atom is 0.451 e. The average Bonchev–Trinajstić information content (AvgIpc) is 2.82. The summed E-state index contributed by atoms with van der Waals surface area (Å²) in [7, 11) is 3.17. The quantitative estimate of drug-likeness (QED) is 0.919. The zero-order valence-corrected chi connectivity index (χ0v) is 12.8. The first-order valence-electron chi connectivity index (χ1n) is 5.89. The van der Waals surface area contributed by atoms with Crippen molar-refractivity contribution in [1.29, 1.82) is 0 Å². The number of alkyl halides is 3. The molecular formula is C12H12ClF3N4S. The van der Waals surface area contributed by atoms with E-state index in [-0.39, 0.29) is 11.6 Å². The first-order chi connectivity index (χ1) is 9.79. The maximum absolute atomic E-state index is 12.8. The summed E-state index contributed by atoms with van der Waals surface area (Å²) in [5.74, 6) is -0.866. The Bertz CT molecular complexity index is 629. The third kappa shape index (κ3) is 3.98. The molecule has 114 valence electrons. The lowest BCUT2D eigenvalue weighted by atomic mass is 10.4. The number of nitrogens with zero attached hydrogens (tertiary/aromatic N) is 3. The van der Waals surface area contributed by atoms with Gasteiger partial charge in [0.25, 0.3) is 0 Å². The predicted molar refractivity (Wildman–Crippen MR) is 78.0 cm³/mol. The van der Waals surface area contributed by atoms with E-state index in [0.29, 0.717) is 10.9 Å². The summed E-state index contributed by atoms with van der Waals surface area (Å²) in [5, 5.41) is 2.61. The van der Waals surface area contributed by atoms with Crippen molar-refractivity contribution >= 4 is 34.6 Å². The highest BCUT2D eigenvalue weighted by molar-refractivity contribution is 7.16. The number of hydrogen-bond donors (Lipinski definition) is 1. The number of halogens is 4. The minimum absolute atomic E-state index is 0.114. The van der Waals surface area contributed by atoms with E-state index in [1.807, 2.05) is 6.07 Å².